The van der Waals surface area contributed by atoms with Gasteiger partial charge in [0.15, 0.2) is 0 Å². The first kappa shape index (κ1) is 16.5. The zero-order chi connectivity index (χ0) is 16.0. The highest BCUT2D eigenvalue weighted by molar-refractivity contribution is 5.90. The number of anilines is 1. The Labute approximate surface area is 131 Å². The van der Waals surface area contributed by atoms with Gasteiger partial charge >= 0.3 is 0 Å². The van der Waals surface area contributed by atoms with Crippen molar-refractivity contribution in [2.45, 2.75) is 26.2 Å². The van der Waals surface area contributed by atoms with E-state index in [2.05, 4.69) is 17.1 Å². The lowest BCUT2D eigenvalue weighted by Crippen LogP contribution is -2.44. The molecule has 1 unspecified atom stereocenters. The minimum Gasteiger partial charge on any atom is -0.396 e. The van der Waals surface area contributed by atoms with Gasteiger partial charge in [-0.2, -0.15) is 5.26 Å². The molecule has 1 fully saturated rings. The van der Waals surface area contributed by atoms with Crippen LogP contribution >= 0.6 is 0 Å². The Morgan fingerprint density at radius 1 is 1.45 bits per heavy atom. The van der Waals surface area contributed by atoms with E-state index in [0.29, 0.717) is 24.2 Å². The van der Waals surface area contributed by atoms with Crippen molar-refractivity contribution in [1.29, 1.82) is 5.26 Å². The van der Waals surface area contributed by atoms with Crippen molar-refractivity contribution in [2.75, 3.05) is 31.6 Å². The number of aliphatic hydroxyl groups is 1. The predicted molar refractivity (Wildman–Crippen MR) is 85.3 cm³/mol. The fourth-order valence-electron chi connectivity index (χ4n) is 2.86. The molecule has 0 bridgehead atoms. The number of rotatable bonds is 5. The van der Waals surface area contributed by atoms with E-state index in [-0.39, 0.29) is 17.9 Å². The Hall–Kier alpha value is -1.90. The minimum atomic E-state index is -0.0398. The molecule has 1 aromatic rings. The second-order valence-electron chi connectivity index (χ2n) is 6.34. The molecule has 5 nitrogen and oxygen atoms in total. The number of hydrogen-bond donors (Lipinski definition) is 2. The first-order valence-corrected chi connectivity index (χ1v) is 7.68. The van der Waals surface area contributed by atoms with E-state index in [0.717, 1.165) is 25.9 Å². The summed E-state index contributed by atoms with van der Waals surface area (Å²) in [5.74, 6) is -0.0269. The van der Waals surface area contributed by atoms with Gasteiger partial charge in [0.1, 0.15) is 0 Å². The number of carbonyl (C=O) groups is 1. The maximum absolute atomic E-state index is 12.0. The van der Waals surface area contributed by atoms with Crippen LogP contribution in [0.25, 0.3) is 0 Å². The van der Waals surface area contributed by atoms with Crippen molar-refractivity contribution in [3.63, 3.8) is 0 Å². The number of nitrogens with one attached hydrogen (secondary N) is 1. The molecule has 1 aliphatic rings. The number of nitrogens with zero attached hydrogens (tertiary/aromatic N) is 2. The van der Waals surface area contributed by atoms with Gasteiger partial charge in [0.2, 0.25) is 5.91 Å². The average Bonchev–Trinajstić information content (AvgIpc) is 2.54. The molecule has 0 saturated carbocycles. The van der Waals surface area contributed by atoms with Gasteiger partial charge in [-0.1, -0.05) is 6.92 Å². The summed E-state index contributed by atoms with van der Waals surface area (Å²) in [7, 11) is 0. The fourth-order valence-corrected chi connectivity index (χ4v) is 2.86. The van der Waals surface area contributed by atoms with Crippen LogP contribution in [0.4, 0.5) is 5.69 Å². The van der Waals surface area contributed by atoms with E-state index in [4.69, 9.17) is 5.26 Å². The van der Waals surface area contributed by atoms with Gasteiger partial charge in [0.25, 0.3) is 0 Å². The Bertz CT molecular complexity index is 550. The first-order valence-electron chi connectivity index (χ1n) is 7.68. The summed E-state index contributed by atoms with van der Waals surface area (Å²) in [5.41, 5.74) is 1.25. The normalized spacial score (nSPS) is 22.0. The quantitative estimate of drug-likeness (QED) is 0.872. The maximum atomic E-state index is 12.0. The van der Waals surface area contributed by atoms with Crippen LogP contribution in [0.3, 0.4) is 0 Å². The van der Waals surface area contributed by atoms with Gasteiger partial charge in [-0.25, -0.2) is 0 Å². The van der Waals surface area contributed by atoms with Crippen molar-refractivity contribution in [2.24, 2.45) is 5.41 Å². The molecule has 1 saturated heterocycles. The van der Waals surface area contributed by atoms with E-state index < -0.39 is 0 Å². The number of aliphatic hydroxyl groups excluding tert-OH is 1. The summed E-state index contributed by atoms with van der Waals surface area (Å²) in [6.45, 7) is 4.82. The van der Waals surface area contributed by atoms with Crippen LogP contribution in [-0.2, 0) is 4.79 Å². The topological polar surface area (TPSA) is 76.4 Å². The maximum Gasteiger partial charge on any atom is 0.225 e. The van der Waals surface area contributed by atoms with Gasteiger partial charge < -0.3 is 15.3 Å². The molecule has 0 spiro atoms. The van der Waals surface area contributed by atoms with E-state index >= 15 is 0 Å². The van der Waals surface area contributed by atoms with E-state index in [1.807, 2.05) is 6.07 Å². The van der Waals surface area contributed by atoms with Gasteiger partial charge in [0, 0.05) is 37.2 Å². The van der Waals surface area contributed by atoms with Crippen LogP contribution in [0.5, 0.6) is 0 Å². The van der Waals surface area contributed by atoms with Crippen LogP contribution in [0.15, 0.2) is 24.3 Å². The molecule has 2 rings (SSSR count). The van der Waals surface area contributed by atoms with Gasteiger partial charge in [0.05, 0.1) is 11.6 Å². The summed E-state index contributed by atoms with van der Waals surface area (Å²) in [6, 6.07) is 8.90. The highest BCUT2D eigenvalue weighted by atomic mass is 16.3. The highest BCUT2D eigenvalue weighted by Gasteiger charge is 2.30. The summed E-state index contributed by atoms with van der Waals surface area (Å²) in [6.07, 6.45) is 2.53. The number of likely N-dealkylation sites (tertiary alicyclic amines) is 1. The molecule has 1 heterocycles. The molecule has 1 amide bonds. The summed E-state index contributed by atoms with van der Waals surface area (Å²) >= 11 is 0. The van der Waals surface area contributed by atoms with Crippen molar-refractivity contribution in [3.8, 4) is 6.07 Å². The second kappa shape index (κ2) is 7.39. The largest absolute Gasteiger partial charge is 0.396 e. The molecule has 0 aromatic heterocycles. The lowest BCUT2D eigenvalue weighted by Gasteiger charge is -2.39. The standard InChI is InChI=1S/C17H23N3O2/c1-17(13-21)8-2-9-20(12-17)10-7-16(22)19-15-5-3-14(11-18)4-6-15/h3-6,21H,2,7-10,12-13H2,1H3,(H,19,22). The summed E-state index contributed by atoms with van der Waals surface area (Å²) in [5, 5.41) is 21.0. The Morgan fingerprint density at radius 3 is 2.82 bits per heavy atom. The number of carbonyl (C=O) groups excluding carboxylic acids is 1. The average molecular weight is 301 g/mol. The third-order valence-electron chi connectivity index (χ3n) is 4.19. The molecular weight excluding hydrogens is 278 g/mol. The molecule has 5 heteroatoms. The van der Waals surface area contributed by atoms with Gasteiger partial charge in [-0.15, -0.1) is 0 Å². The first-order chi connectivity index (χ1) is 10.5. The Balaban J connectivity index is 1.79. The van der Waals surface area contributed by atoms with Crippen LogP contribution < -0.4 is 5.32 Å². The van der Waals surface area contributed by atoms with E-state index in [1.54, 1.807) is 24.3 Å². The number of benzene rings is 1. The lowest BCUT2D eigenvalue weighted by molar-refractivity contribution is -0.116. The van der Waals surface area contributed by atoms with Crippen molar-refractivity contribution >= 4 is 11.6 Å². The number of hydrogen-bond acceptors (Lipinski definition) is 4. The molecule has 1 atom stereocenters. The number of piperidine rings is 1. The van der Waals surface area contributed by atoms with E-state index in [1.165, 1.54) is 0 Å². The number of amides is 1. The highest BCUT2D eigenvalue weighted by Crippen LogP contribution is 2.28. The number of nitriles is 1. The zero-order valence-corrected chi connectivity index (χ0v) is 13.0. The third-order valence-corrected chi connectivity index (χ3v) is 4.19. The van der Waals surface area contributed by atoms with Crippen LogP contribution in [0, 0.1) is 16.7 Å². The second-order valence-corrected chi connectivity index (χ2v) is 6.34. The van der Waals surface area contributed by atoms with Gasteiger partial charge in [-0.05, 0) is 43.7 Å². The SMILES string of the molecule is CC1(CO)CCCN(CCC(=O)Nc2ccc(C#N)cc2)C1. The predicted octanol–water partition coefficient (Wildman–Crippen LogP) is 1.98. The van der Waals surface area contributed by atoms with Gasteiger partial charge in [-0.3, -0.25) is 4.79 Å². The Morgan fingerprint density at radius 2 is 2.18 bits per heavy atom. The fraction of sp³-hybridized carbons (Fsp3) is 0.529. The third kappa shape index (κ3) is 4.55. The smallest absolute Gasteiger partial charge is 0.225 e. The monoisotopic (exact) mass is 301 g/mol. The Kier molecular flexibility index (Phi) is 5.53. The molecule has 118 valence electrons. The molecule has 0 aliphatic carbocycles. The van der Waals surface area contributed by atoms with Crippen molar-refractivity contribution in [3.05, 3.63) is 29.8 Å². The minimum absolute atomic E-state index is 0.0269. The molecule has 22 heavy (non-hydrogen) atoms. The molecule has 1 aromatic carbocycles. The summed E-state index contributed by atoms with van der Waals surface area (Å²) in [4.78, 5) is 14.2. The molecule has 1 aliphatic heterocycles. The lowest BCUT2D eigenvalue weighted by atomic mass is 9.83. The molecule has 0 radical (unpaired) electrons. The molecular formula is C17H23N3O2. The van der Waals surface area contributed by atoms with Crippen molar-refractivity contribution in [1.82, 2.24) is 4.90 Å². The zero-order valence-electron chi connectivity index (χ0n) is 13.0. The van der Waals surface area contributed by atoms with Crippen LogP contribution in [-0.4, -0.2) is 42.2 Å². The van der Waals surface area contributed by atoms with Crippen LogP contribution in [0.1, 0.15) is 31.7 Å². The molecule has 2 N–H and O–H groups in total. The van der Waals surface area contributed by atoms with Crippen LogP contribution in [0.2, 0.25) is 0 Å². The van der Waals surface area contributed by atoms with Crippen molar-refractivity contribution < 1.29 is 9.90 Å². The summed E-state index contributed by atoms with van der Waals surface area (Å²) < 4.78 is 0. The van der Waals surface area contributed by atoms with E-state index in [9.17, 15) is 9.90 Å².